The summed E-state index contributed by atoms with van der Waals surface area (Å²) in [5, 5.41) is 16.9. The molecular weight excluding hydrogens is 639 g/mol. The molecule has 234 valence electrons. The van der Waals surface area contributed by atoms with E-state index in [2.05, 4.69) is 27.0 Å². The fraction of sp³-hybridized carbons (Fsp3) is 0.548. The minimum absolute atomic E-state index is 0.327. The number of fused-ring (bicyclic) bond motifs is 1. The van der Waals surface area contributed by atoms with Crippen LogP contribution in [0.2, 0.25) is 10.0 Å². The van der Waals surface area contributed by atoms with Crippen LogP contribution < -0.4 is 15.1 Å². The fourth-order valence-electron chi connectivity index (χ4n) is 7.56. The second-order valence-electron chi connectivity index (χ2n) is 12.7. The highest BCUT2D eigenvalue weighted by Crippen LogP contribution is 2.46. The van der Waals surface area contributed by atoms with Crippen molar-refractivity contribution in [2.45, 2.75) is 57.5 Å². The predicted octanol–water partition coefficient (Wildman–Crippen LogP) is 6.83. The summed E-state index contributed by atoms with van der Waals surface area (Å²) >= 11 is 16.0. The number of carbonyl (C=O) groups excluding carboxylic acids is 1. The van der Waals surface area contributed by atoms with Gasteiger partial charge in [0.05, 0.1) is 26.4 Å². The Morgan fingerprint density at radius 3 is 2.55 bits per heavy atom. The van der Waals surface area contributed by atoms with Gasteiger partial charge in [0.25, 0.3) is 5.91 Å². The number of thiophene rings is 1. The van der Waals surface area contributed by atoms with Crippen LogP contribution in [-0.4, -0.2) is 76.7 Å². The highest BCUT2D eigenvalue weighted by atomic mass is 35.5. The van der Waals surface area contributed by atoms with E-state index in [-0.39, 0.29) is 11.8 Å². The first-order valence-electron chi connectivity index (χ1n) is 15.4. The summed E-state index contributed by atoms with van der Waals surface area (Å²) in [5.74, 6) is 0.598. The molecule has 6 heterocycles. The van der Waals surface area contributed by atoms with Crippen molar-refractivity contribution in [3.8, 4) is 10.6 Å². The molecule has 3 aliphatic heterocycles. The summed E-state index contributed by atoms with van der Waals surface area (Å²) in [6.07, 6.45) is 7.78. The Bertz CT molecular complexity index is 1560. The van der Waals surface area contributed by atoms with Gasteiger partial charge in [-0.25, -0.2) is 9.97 Å². The topological polar surface area (TPSA) is 102 Å². The molecule has 1 aliphatic carbocycles. The van der Waals surface area contributed by atoms with E-state index in [4.69, 9.17) is 28.2 Å². The van der Waals surface area contributed by atoms with Crippen LogP contribution >= 0.6 is 45.9 Å². The molecule has 4 aliphatic rings. The van der Waals surface area contributed by atoms with Gasteiger partial charge in [0.2, 0.25) is 0 Å². The number of pyridine rings is 1. The molecular formula is C31H36Cl2N6O3S2. The highest BCUT2D eigenvalue weighted by molar-refractivity contribution is 7.21. The summed E-state index contributed by atoms with van der Waals surface area (Å²) < 4.78 is 0. The quantitative estimate of drug-likeness (QED) is 0.281. The minimum Gasteiger partial charge on any atom is -0.481 e. The van der Waals surface area contributed by atoms with Gasteiger partial charge < -0.3 is 14.9 Å². The molecule has 0 radical (unpaired) electrons. The molecule has 1 amide bonds. The number of carbonyl (C=O) groups is 2. The van der Waals surface area contributed by atoms with E-state index in [0.29, 0.717) is 70.5 Å². The van der Waals surface area contributed by atoms with Crippen molar-refractivity contribution in [2.75, 3.05) is 47.8 Å². The molecule has 4 fully saturated rings. The van der Waals surface area contributed by atoms with E-state index in [1.807, 2.05) is 16.3 Å². The molecule has 3 aromatic rings. The zero-order chi connectivity index (χ0) is 30.5. The summed E-state index contributed by atoms with van der Waals surface area (Å²) in [6, 6.07) is 4.83. The number of piperidine rings is 1. The van der Waals surface area contributed by atoms with Gasteiger partial charge >= 0.3 is 5.97 Å². The van der Waals surface area contributed by atoms with Gasteiger partial charge in [-0.15, -0.1) is 11.3 Å². The van der Waals surface area contributed by atoms with Crippen molar-refractivity contribution >= 4 is 73.7 Å². The van der Waals surface area contributed by atoms with E-state index in [9.17, 15) is 14.7 Å². The van der Waals surface area contributed by atoms with Crippen molar-refractivity contribution in [2.24, 2.45) is 17.8 Å². The molecule has 2 N–H and O–H groups in total. The maximum atomic E-state index is 13.4. The molecule has 7 rings (SSSR count). The van der Waals surface area contributed by atoms with Gasteiger partial charge in [-0.3, -0.25) is 19.8 Å². The van der Waals surface area contributed by atoms with E-state index in [0.717, 1.165) is 34.6 Å². The molecule has 0 bridgehead atoms. The number of nitrogens with one attached hydrogen (secondary N) is 1. The number of carboxylic acid groups (broad SMARTS) is 1. The molecule has 4 unspecified atom stereocenters. The smallest absolute Gasteiger partial charge is 0.306 e. The number of thiazole rings is 1. The summed E-state index contributed by atoms with van der Waals surface area (Å²) in [7, 11) is 0. The van der Waals surface area contributed by atoms with Gasteiger partial charge in [0, 0.05) is 49.8 Å². The van der Waals surface area contributed by atoms with E-state index < -0.39 is 5.97 Å². The number of carboxylic acids is 1. The summed E-state index contributed by atoms with van der Waals surface area (Å²) in [5.41, 5.74) is 1.20. The van der Waals surface area contributed by atoms with Crippen LogP contribution in [0.15, 0.2) is 23.7 Å². The average Bonchev–Trinajstić information content (AvgIpc) is 3.82. The van der Waals surface area contributed by atoms with Crippen molar-refractivity contribution < 1.29 is 14.7 Å². The van der Waals surface area contributed by atoms with Crippen LogP contribution in [0, 0.1) is 17.8 Å². The average molecular weight is 676 g/mol. The lowest BCUT2D eigenvalue weighted by Crippen LogP contribution is -2.41. The van der Waals surface area contributed by atoms with Crippen molar-refractivity contribution in [3.05, 3.63) is 39.3 Å². The number of aromatic nitrogens is 2. The Hall–Kier alpha value is -2.44. The number of rotatable bonds is 7. The SMILES string of the molecule is CC1CCC(N2CCC3CN(c4sc(NC(=O)c5cnc(N6CCC(C(=O)O)CC6)c(Cl)c5)nc4-c4cc(Cl)cs4)CC32)C1. The number of halogens is 2. The maximum absolute atomic E-state index is 13.4. The lowest BCUT2D eigenvalue weighted by molar-refractivity contribution is -0.142. The number of nitrogens with zero attached hydrogens (tertiary/aromatic N) is 5. The van der Waals surface area contributed by atoms with Gasteiger partial charge in [-0.1, -0.05) is 41.5 Å². The molecule has 13 heteroatoms. The van der Waals surface area contributed by atoms with Crippen LogP contribution in [0.25, 0.3) is 10.6 Å². The Labute approximate surface area is 275 Å². The zero-order valence-electron chi connectivity index (χ0n) is 24.5. The van der Waals surface area contributed by atoms with E-state index in [1.165, 1.54) is 49.8 Å². The first-order valence-corrected chi connectivity index (χ1v) is 17.9. The number of hydrogen-bond donors (Lipinski definition) is 2. The molecule has 0 spiro atoms. The summed E-state index contributed by atoms with van der Waals surface area (Å²) in [6.45, 7) is 6.67. The Kier molecular flexibility index (Phi) is 8.52. The van der Waals surface area contributed by atoms with Crippen LogP contribution in [0.4, 0.5) is 16.0 Å². The standard InChI is InChI=1S/C31H36Cl2N6O3S2/c1-17-2-3-22(10-17)39-9-6-19-14-38(15-24(19)39)29-26(25-12-21(32)16-43-25)35-31(44-29)36-28(40)20-11-23(33)27(34-13-20)37-7-4-18(5-8-37)30(41)42/h11-13,16-19,22,24H,2-10,14-15H2,1H3,(H,41,42)(H,35,36,40). The number of hydrogen-bond acceptors (Lipinski definition) is 9. The first kappa shape index (κ1) is 30.2. The second-order valence-corrected chi connectivity index (χ2v) is 15.4. The van der Waals surface area contributed by atoms with Crippen LogP contribution in [0.1, 0.15) is 55.8 Å². The lowest BCUT2D eigenvalue weighted by atomic mass is 9.97. The third-order valence-electron chi connectivity index (χ3n) is 9.87. The fourth-order valence-corrected chi connectivity index (χ4v) is 9.97. The van der Waals surface area contributed by atoms with Gasteiger partial charge in [0.15, 0.2) is 5.13 Å². The first-order chi connectivity index (χ1) is 21.2. The van der Waals surface area contributed by atoms with Crippen molar-refractivity contribution in [3.63, 3.8) is 0 Å². The minimum atomic E-state index is -0.764. The number of anilines is 3. The van der Waals surface area contributed by atoms with Crippen molar-refractivity contribution in [1.82, 2.24) is 14.9 Å². The summed E-state index contributed by atoms with van der Waals surface area (Å²) in [4.78, 5) is 42.3. The molecule has 4 atom stereocenters. The second kappa shape index (κ2) is 12.4. The molecule has 3 aromatic heterocycles. The maximum Gasteiger partial charge on any atom is 0.306 e. The third kappa shape index (κ3) is 5.93. The molecule has 9 nitrogen and oxygen atoms in total. The molecule has 3 saturated heterocycles. The highest BCUT2D eigenvalue weighted by Gasteiger charge is 2.45. The van der Waals surface area contributed by atoms with Gasteiger partial charge in [0.1, 0.15) is 16.5 Å². The van der Waals surface area contributed by atoms with Gasteiger partial charge in [-0.2, -0.15) is 0 Å². The third-order valence-corrected chi connectivity index (χ3v) is 12.5. The number of likely N-dealkylation sites (tertiary alicyclic amines) is 1. The molecule has 0 aromatic carbocycles. The molecule has 1 saturated carbocycles. The Balaban J connectivity index is 1.08. The predicted molar refractivity (Wildman–Crippen MR) is 178 cm³/mol. The van der Waals surface area contributed by atoms with Gasteiger partial charge in [-0.05, 0) is 69.0 Å². The van der Waals surface area contributed by atoms with Crippen molar-refractivity contribution in [1.29, 1.82) is 0 Å². The number of aliphatic carboxylic acids is 1. The normalized spacial score (nSPS) is 26.0. The van der Waals surface area contributed by atoms with E-state index in [1.54, 1.807) is 17.4 Å². The number of amides is 1. The largest absolute Gasteiger partial charge is 0.481 e. The lowest BCUT2D eigenvalue weighted by Gasteiger charge is -2.31. The van der Waals surface area contributed by atoms with E-state index >= 15 is 0 Å². The monoisotopic (exact) mass is 674 g/mol. The Morgan fingerprint density at radius 2 is 1.86 bits per heavy atom. The Morgan fingerprint density at radius 1 is 1.05 bits per heavy atom. The van der Waals surface area contributed by atoms with Crippen LogP contribution in [0.3, 0.4) is 0 Å². The molecule has 44 heavy (non-hydrogen) atoms. The zero-order valence-corrected chi connectivity index (χ0v) is 27.7. The van der Waals surface area contributed by atoms with Crippen LogP contribution in [0.5, 0.6) is 0 Å². The van der Waals surface area contributed by atoms with Crippen LogP contribution in [-0.2, 0) is 4.79 Å².